The highest BCUT2D eigenvalue weighted by molar-refractivity contribution is 7.19. The molecule has 0 unspecified atom stereocenters. The zero-order chi connectivity index (χ0) is 18.6. The Morgan fingerprint density at radius 3 is 1.31 bits per heavy atom. The van der Waals surface area contributed by atoms with Gasteiger partial charge in [0.05, 0.1) is 0 Å². The zero-order valence-electron chi connectivity index (χ0n) is 15.1. The number of thiophene rings is 2. The molecule has 0 radical (unpaired) electrons. The first-order chi connectivity index (χ1) is 12.5. The van der Waals surface area contributed by atoms with Crippen molar-refractivity contribution < 1.29 is 9.59 Å². The molecular weight excluding hydrogens is 360 g/mol. The number of fused-ring (bicyclic) bond motifs is 4. The first kappa shape index (κ1) is 17.1. The van der Waals surface area contributed by atoms with Crippen LogP contribution in [-0.4, -0.2) is 11.6 Å². The van der Waals surface area contributed by atoms with Crippen LogP contribution in [0.15, 0.2) is 36.4 Å². The van der Waals surface area contributed by atoms with Gasteiger partial charge in [0.1, 0.15) is 0 Å². The maximum atomic E-state index is 13.0. The molecule has 4 aromatic rings. The Morgan fingerprint density at radius 1 is 0.577 bits per heavy atom. The van der Waals surface area contributed by atoms with E-state index in [0.717, 1.165) is 20.2 Å². The van der Waals surface area contributed by atoms with E-state index in [4.69, 9.17) is 0 Å². The summed E-state index contributed by atoms with van der Waals surface area (Å²) in [5, 5.41) is 2.07. The molecule has 0 spiro atoms. The number of carbonyl (C=O) groups excluding carboxylic acids is 2. The van der Waals surface area contributed by atoms with E-state index in [0.29, 0.717) is 22.3 Å². The maximum Gasteiger partial charge on any atom is 0.194 e. The fourth-order valence-corrected chi connectivity index (χ4v) is 5.37. The van der Waals surface area contributed by atoms with Gasteiger partial charge in [0.25, 0.3) is 0 Å². The van der Waals surface area contributed by atoms with Gasteiger partial charge in [-0.2, -0.15) is 0 Å². The fourth-order valence-electron chi connectivity index (χ4n) is 3.48. The fraction of sp³-hybridized carbons (Fsp3) is 0.182. The summed E-state index contributed by atoms with van der Waals surface area (Å²) in [7, 11) is 0. The third kappa shape index (κ3) is 2.44. The molecule has 4 heteroatoms. The minimum Gasteiger partial charge on any atom is -0.289 e. The Morgan fingerprint density at radius 2 is 0.923 bits per heavy atom. The Balaban J connectivity index is 0.000000814. The molecule has 1 aliphatic rings. The molecule has 2 aromatic heterocycles. The molecule has 130 valence electrons. The average Bonchev–Trinajstić information content (AvgIpc) is 3.18. The summed E-state index contributed by atoms with van der Waals surface area (Å²) in [6, 6.07) is 11.7. The normalized spacial score (nSPS) is 12.8. The second kappa shape index (κ2) is 6.15. The van der Waals surface area contributed by atoms with Crippen LogP contribution < -0.4 is 0 Å². The van der Waals surface area contributed by atoms with E-state index in [2.05, 4.69) is 12.1 Å². The van der Waals surface area contributed by atoms with E-state index in [9.17, 15) is 9.59 Å². The SMILES string of the molecule is CC.Cc1cc2cc3c(cc2s1)C(=O)c1cc2cc(C)sc2cc1C3=O. The van der Waals surface area contributed by atoms with E-state index < -0.39 is 0 Å². The van der Waals surface area contributed by atoms with Crippen LogP contribution in [0.1, 0.15) is 55.4 Å². The summed E-state index contributed by atoms with van der Waals surface area (Å²) >= 11 is 3.31. The maximum absolute atomic E-state index is 13.0. The third-order valence-electron chi connectivity index (χ3n) is 4.54. The number of hydrogen-bond acceptors (Lipinski definition) is 4. The molecule has 2 heterocycles. The van der Waals surface area contributed by atoms with Crippen LogP contribution in [0, 0.1) is 13.8 Å². The Kier molecular flexibility index (Phi) is 4.05. The minimum absolute atomic E-state index is 0.0432. The lowest BCUT2D eigenvalue weighted by molar-refractivity contribution is 0.0979. The number of aryl methyl sites for hydroxylation is 2. The second-order valence-electron chi connectivity index (χ2n) is 6.24. The molecule has 0 bridgehead atoms. The lowest BCUT2D eigenvalue weighted by Gasteiger charge is -2.17. The molecule has 0 fully saturated rings. The second-order valence-corrected chi connectivity index (χ2v) is 8.82. The highest BCUT2D eigenvalue weighted by Crippen LogP contribution is 2.36. The van der Waals surface area contributed by atoms with Crippen molar-refractivity contribution in [3.05, 3.63) is 68.4 Å². The monoisotopic (exact) mass is 378 g/mol. The summed E-state index contributed by atoms with van der Waals surface area (Å²) in [5.74, 6) is -0.0865. The average molecular weight is 379 g/mol. The summed E-state index contributed by atoms with van der Waals surface area (Å²) in [4.78, 5) is 28.4. The number of ketones is 2. The van der Waals surface area contributed by atoms with Crippen LogP contribution in [0.2, 0.25) is 0 Å². The Bertz CT molecular complexity index is 1030. The summed E-state index contributed by atoms with van der Waals surface area (Å²) < 4.78 is 2.12. The molecule has 0 N–H and O–H groups in total. The molecule has 26 heavy (non-hydrogen) atoms. The van der Waals surface area contributed by atoms with Crippen molar-refractivity contribution in [3.63, 3.8) is 0 Å². The van der Waals surface area contributed by atoms with Crippen molar-refractivity contribution >= 4 is 54.4 Å². The number of rotatable bonds is 0. The van der Waals surface area contributed by atoms with Crippen LogP contribution in [0.4, 0.5) is 0 Å². The first-order valence-electron chi connectivity index (χ1n) is 8.69. The molecular formula is C22H18O2S2. The van der Waals surface area contributed by atoms with Crippen LogP contribution in [0.3, 0.4) is 0 Å². The Labute approximate surface area is 160 Å². The largest absolute Gasteiger partial charge is 0.289 e. The molecule has 0 saturated heterocycles. The molecule has 0 atom stereocenters. The highest BCUT2D eigenvalue weighted by Gasteiger charge is 2.31. The van der Waals surface area contributed by atoms with E-state index in [1.807, 2.05) is 52.0 Å². The van der Waals surface area contributed by atoms with E-state index in [1.165, 1.54) is 9.75 Å². The van der Waals surface area contributed by atoms with Gasteiger partial charge < -0.3 is 0 Å². The topological polar surface area (TPSA) is 34.1 Å². The van der Waals surface area contributed by atoms with E-state index in [1.54, 1.807) is 22.7 Å². The summed E-state index contributed by atoms with van der Waals surface area (Å²) in [5.41, 5.74) is 2.14. The van der Waals surface area contributed by atoms with Crippen molar-refractivity contribution in [1.29, 1.82) is 0 Å². The van der Waals surface area contributed by atoms with Gasteiger partial charge in [-0.05, 0) is 61.0 Å². The Hall–Kier alpha value is -2.30. The van der Waals surface area contributed by atoms with Crippen LogP contribution in [0.25, 0.3) is 20.2 Å². The van der Waals surface area contributed by atoms with Gasteiger partial charge >= 0.3 is 0 Å². The molecule has 2 nitrogen and oxygen atoms in total. The minimum atomic E-state index is -0.0432. The predicted octanol–water partition coefficient (Wildman–Crippen LogP) is 6.53. The number of hydrogen-bond donors (Lipinski definition) is 0. The van der Waals surface area contributed by atoms with Crippen LogP contribution in [0.5, 0.6) is 0 Å². The quantitative estimate of drug-likeness (QED) is 0.307. The predicted molar refractivity (Wildman–Crippen MR) is 111 cm³/mol. The van der Waals surface area contributed by atoms with Crippen molar-refractivity contribution in [2.75, 3.05) is 0 Å². The molecule has 5 rings (SSSR count). The van der Waals surface area contributed by atoms with Crippen molar-refractivity contribution in [3.8, 4) is 0 Å². The number of benzene rings is 2. The lowest BCUT2D eigenvalue weighted by atomic mass is 9.83. The summed E-state index contributed by atoms with van der Waals surface area (Å²) in [6.45, 7) is 8.08. The molecule has 0 aliphatic heterocycles. The van der Waals surface area contributed by atoms with E-state index in [-0.39, 0.29) is 11.6 Å². The van der Waals surface area contributed by atoms with E-state index >= 15 is 0 Å². The lowest BCUT2D eigenvalue weighted by Crippen LogP contribution is -2.20. The zero-order valence-corrected chi connectivity index (χ0v) is 16.7. The molecule has 0 saturated carbocycles. The van der Waals surface area contributed by atoms with Gasteiger partial charge in [-0.1, -0.05) is 13.8 Å². The van der Waals surface area contributed by atoms with Gasteiger partial charge in [0.2, 0.25) is 0 Å². The van der Waals surface area contributed by atoms with Crippen molar-refractivity contribution in [2.24, 2.45) is 0 Å². The van der Waals surface area contributed by atoms with Gasteiger partial charge in [-0.25, -0.2) is 0 Å². The molecule has 2 aromatic carbocycles. The van der Waals surface area contributed by atoms with Crippen molar-refractivity contribution in [2.45, 2.75) is 27.7 Å². The summed E-state index contributed by atoms with van der Waals surface area (Å²) in [6.07, 6.45) is 0. The molecule has 0 amide bonds. The van der Waals surface area contributed by atoms with Crippen molar-refractivity contribution in [1.82, 2.24) is 0 Å². The van der Waals surface area contributed by atoms with Crippen LogP contribution >= 0.6 is 22.7 Å². The smallest absolute Gasteiger partial charge is 0.194 e. The number of carbonyl (C=O) groups is 2. The first-order valence-corrected chi connectivity index (χ1v) is 10.3. The van der Waals surface area contributed by atoms with Gasteiger partial charge in [0, 0.05) is 41.4 Å². The standard InChI is InChI=1S/C20H12O2S2.C2H6/c1-9-3-11-5-13-15(7-17(11)23-9)20(22)14-6-12-4-10(2)24-18(12)8-16(14)19(13)21;1-2/h3-8H,1-2H3;1-2H3. The van der Waals surface area contributed by atoms with Crippen LogP contribution in [-0.2, 0) is 0 Å². The third-order valence-corrected chi connectivity index (χ3v) is 6.56. The van der Waals surface area contributed by atoms with Gasteiger partial charge in [0.15, 0.2) is 11.6 Å². The van der Waals surface area contributed by atoms with Gasteiger partial charge in [-0.15, -0.1) is 22.7 Å². The highest BCUT2D eigenvalue weighted by atomic mass is 32.1. The molecule has 1 aliphatic carbocycles. The van der Waals surface area contributed by atoms with Gasteiger partial charge in [-0.3, -0.25) is 9.59 Å².